The summed E-state index contributed by atoms with van der Waals surface area (Å²) in [7, 11) is -3.47. The van der Waals surface area contributed by atoms with Crippen molar-refractivity contribution in [1.29, 1.82) is 0 Å². The fourth-order valence-electron chi connectivity index (χ4n) is 3.94. The van der Waals surface area contributed by atoms with E-state index in [2.05, 4.69) is 54.1 Å². The summed E-state index contributed by atoms with van der Waals surface area (Å²) in [6, 6.07) is 17.4. The van der Waals surface area contributed by atoms with Crippen LogP contribution in [-0.4, -0.2) is 49.1 Å². The van der Waals surface area contributed by atoms with Crippen molar-refractivity contribution in [2.45, 2.75) is 32.1 Å². The zero-order valence-electron chi connectivity index (χ0n) is 18.2. The van der Waals surface area contributed by atoms with E-state index in [1.807, 2.05) is 24.3 Å². The Morgan fingerprint density at radius 3 is 2.16 bits per heavy atom. The first kappa shape index (κ1) is 21.5. The molecule has 1 aliphatic rings. The lowest BCUT2D eigenvalue weighted by Gasteiger charge is -2.34. The van der Waals surface area contributed by atoms with Gasteiger partial charge in [-0.05, 0) is 55.7 Å². The zero-order chi connectivity index (χ0) is 22.0. The Balaban J connectivity index is 1.43. The van der Waals surface area contributed by atoms with Crippen LogP contribution in [-0.2, 0) is 16.4 Å². The highest BCUT2D eigenvalue weighted by Crippen LogP contribution is 2.24. The largest absolute Gasteiger partial charge is 0.352 e. The quantitative estimate of drug-likeness (QED) is 0.608. The SMILES string of the molecule is CCc1ccc(S(=O)(=O)N2CCN(c3ccc(-c4ccc(C)cc4C)nn3)CC2)cc1. The van der Waals surface area contributed by atoms with E-state index in [1.54, 1.807) is 16.4 Å². The highest BCUT2D eigenvalue weighted by atomic mass is 32.2. The molecule has 0 radical (unpaired) electrons. The normalized spacial score (nSPS) is 15.3. The highest BCUT2D eigenvalue weighted by molar-refractivity contribution is 7.89. The summed E-state index contributed by atoms with van der Waals surface area (Å²) >= 11 is 0. The molecule has 0 N–H and O–H groups in total. The van der Waals surface area contributed by atoms with Crippen LogP contribution in [0.15, 0.2) is 59.5 Å². The van der Waals surface area contributed by atoms with Crippen LogP contribution in [0.2, 0.25) is 0 Å². The number of hydrogen-bond donors (Lipinski definition) is 0. The monoisotopic (exact) mass is 436 g/mol. The van der Waals surface area contributed by atoms with E-state index in [0.717, 1.165) is 29.1 Å². The summed E-state index contributed by atoms with van der Waals surface area (Å²) < 4.78 is 27.5. The fourth-order valence-corrected chi connectivity index (χ4v) is 5.36. The van der Waals surface area contributed by atoms with Crippen molar-refractivity contribution in [2.24, 2.45) is 0 Å². The predicted molar refractivity (Wildman–Crippen MR) is 124 cm³/mol. The number of piperazine rings is 1. The van der Waals surface area contributed by atoms with Gasteiger partial charge in [-0.25, -0.2) is 8.42 Å². The second kappa shape index (κ2) is 8.77. The van der Waals surface area contributed by atoms with Crippen LogP contribution in [0.1, 0.15) is 23.6 Å². The van der Waals surface area contributed by atoms with Gasteiger partial charge in [0.2, 0.25) is 10.0 Å². The Labute approximate surface area is 184 Å². The lowest BCUT2D eigenvalue weighted by Crippen LogP contribution is -2.49. The standard InChI is InChI=1S/C24H28N4O2S/c1-4-20-6-8-21(9-7-20)31(29,30)28-15-13-27(14-16-28)24-12-11-23(25-26-24)22-10-5-18(2)17-19(22)3/h5-12,17H,4,13-16H2,1-3H3. The molecule has 31 heavy (non-hydrogen) atoms. The molecule has 0 amide bonds. The van der Waals surface area contributed by atoms with Crippen molar-refractivity contribution >= 4 is 15.8 Å². The number of aryl methyl sites for hydroxylation is 3. The van der Waals surface area contributed by atoms with Crippen molar-refractivity contribution in [2.75, 3.05) is 31.1 Å². The molecule has 2 heterocycles. The van der Waals surface area contributed by atoms with Crippen LogP contribution in [0.4, 0.5) is 5.82 Å². The van der Waals surface area contributed by atoms with E-state index in [4.69, 9.17) is 0 Å². The molecule has 1 aromatic heterocycles. The van der Waals surface area contributed by atoms with Crippen molar-refractivity contribution in [1.82, 2.24) is 14.5 Å². The van der Waals surface area contributed by atoms with Gasteiger partial charge in [-0.2, -0.15) is 4.31 Å². The third-order valence-electron chi connectivity index (χ3n) is 5.84. The molecule has 0 bridgehead atoms. The maximum Gasteiger partial charge on any atom is 0.243 e. The van der Waals surface area contributed by atoms with Gasteiger partial charge in [0.1, 0.15) is 0 Å². The van der Waals surface area contributed by atoms with Crippen LogP contribution >= 0.6 is 0 Å². The Bertz CT molecular complexity index is 1150. The molecular weight excluding hydrogens is 408 g/mol. The molecule has 6 nitrogen and oxygen atoms in total. The predicted octanol–water partition coefficient (Wildman–Crippen LogP) is 3.83. The van der Waals surface area contributed by atoms with Gasteiger partial charge < -0.3 is 4.90 Å². The molecule has 3 aromatic rings. The minimum atomic E-state index is -3.47. The fraction of sp³-hybridized carbons (Fsp3) is 0.333. The number of nitrogens with zero attached hydrogens (tertiary/aromatic N) is 4. The van der Waals surface area contributed by atoms with Crippen LogP contribution in [0.3, 0.4) is 0 Å². The molecule has 1 saturated heterocycles. The lowest BCUT2D eigenvalue weighted by molar-refractivity contribution is 0.383. The van der Waals surface area contributed by atoms with Gasteiger partial charge in [-0.15, -0.1) is 10.2 Å². The molecule has 1 aliphatic heterocycles. The van der Waals surface area contributed by atoms with Crippen molar-refractivity contribution in [3.8, 4) is 11.3 Å². The number of aromatic nitrogens is 2. The first-order chi connectivity index (χ1) is 14.9. The maximum absolute atomic E-state index is 13.0. The minimum absolute atomic E-state index is 0.357. The number of hydrogen-bond acceptors (Lipinski definition) is 5. The van der Waals surface area contributed by atoms with Gasteiger partial charge in [-0.1, -0.05) is 42.8 Å². The van der Waals surface area contributed by atoms with E-state index in [-0.39, 0.29) is 0 Å². The second-order valence-corrected chi connectivity index (χ2v) is 9.92. The van der Waals surface area contributed by atoms with E-state index in [0.29, 0.717) is 31.1 Å². The molecule has 1 fully saturated rings. The Morgan fingerprint density at radius 2 is 1.58 bits per heavy atom. The third-order valence-corrected chi connectivity index (χ3v) is 7.75. The number of benzene rings is 2. The summed E-state index contributed by atoms with van der Waals surface area (Å²) in [6.45, 7) is 8.24. The molecule has 2 aromatic carbocycles. The molecule has 0 atom stereocenters. The Hall–Kier alpha value is -2.77. The maximum atomic E-state index is 13.0. The molecule has 0 unspecified atom stereocenters. The van der Waals surface area contributed by atoms with Gasteiger partial charge >= 0.3 is 0 Å². The first-order valence-corrected chi connectivity index (χ1v) is 12.1. The summed E-state index contributed by atoms with van der Waals surface area (Å²) in [6.07, 6.45) is 0.891. The first-order valence-electron chi connectivity index (χ1n) is 10.6. The number of rotatable bonds is 5. The van der Waals surface area contributed by atoms with Gasteiger partial charge in [-0.3, -0.25) is 0 Å². The second-order valence-electron chi connectivity index (χ2n) is 7.98. The number of sulfonamides is 1. The van der Waals surface area contributed by atoms with Gasteiger partial charge in [0.25, 0.3) is 0 Å². The third kappa shape index (κ3) is 4.48. The Morgan fingerprint density at radius 1 is 0.871 bits per heavy atom. The average molecular weight is 437 g/mol. The topological polar surface area (TPSA) is 66.4 Å². The molecular formula is C24H28N4O2S. The molecule has 0 aliphatic carbocycles. The van der Waals surface area contributed by atoms with Gasteiger partial charge in [0, 0.05) is 31.7 Å². The molecule has 0 saturated carbocycles. The summed E-state index contributed by atoms with van der Waals surface area (Å²) in [5, 5.41) is 8.84. The van der Waals surface area contributed by atoms with Crippen LogP contribution in [0.5, 0.6) is 0 Å². The van der Waals surface area contributed by atoms with Crippen molar-refractivity contribution in [3.63, 3.8) is 0 Å². The lowest BCUT2D eigenvalue weighted by atomic mass is 10.0. The summed E-state index contributed by atoms with van der Waals surface area (Å²) in [4.78, 5) is 2.45. The van der Waals surface area contributed by atoms with E-state index in [9.17, 15) is 8.42 Å². The van der Waals surface area contributed by atoms with E-state index < -0.39 is 10.0 Å². The molecule has 4 rings (SSSR count). The average Bonchev–Trinajstić information content (AvgIpc) is 2.79. The zero-order valence-corrected chi connectivity index (χ0v) is 19.1. The smallest absolute Gasteiger partial charge is 0.243 e. The van der Waals surface area contributed by atoms with Crippen LogP contribution in [0, 0.1) is 13.8 Å². The minimum Gasteiger partial charge on any atom is -0.352 e. The molecule has 162 valence electrons. The number of anilines is 1. The highest BCUT2D eigenvalue weighted by Gasteiger charge is 2.29. The van der Waals surface area contributed by atoms with Gasteiger partial charge in [0.05, 0.1) is 10.6 Å². The van der Waals surface area contributed by atoms with Crippen molar-refractivity contribution < 1.29 is 8.42 Å². The van der Waals surface area contributed by atoms with E-state index >= 15 is 0 Å². The van der Waals surface area contributed by atoms with Crippen LogP contribution < -0.4 is 4.90 Å². The van der Waals surface area contributed by atoms with E-state index in [1.165, 1.54) is 11.1 Å². The summed E-state index contributed by atoms with van der Waals surface area (Å²) in [5.41, 5.74) is 5.45. The Kier molecular flexibility index (Phi) is 6.07. The summed E-state index contributed by atoms with van der Waals surface area (Å²) in [5.74, 6) is 0.776. The molecule has 0 spiro atoms. The van der Waals surface area contributed by atoms with Crippen LogP contribution in [0.25, 0.3) is 11.3 Å². The van der Waals surface area contributed by atoms with Gasteiger partial charge in [0.15, 0.2) is 5.82 Å². The molecule has 7 heteroatoms. The van der Waals surface area contributed by atoms with Crippen molar-refractivity contribution in [3.05, 3.63) is 71.3 Å².